The Kier molecular flexibility index (Phi) is 2.49. The SMILES string of the molecule is Cc1ccc2nc(N(C)C)cc(C#N)c2c1. The number of hydrogen-bond donors (Lipinski definition) is 0. The third-order valence-corrected chi connectivity index (χ3v) is 2.53. The highest BCUT2D eigenvalue weighted by molar-refractivity contribution is 5.87. The number of anilines is 1. The zero-order chi connectivity index (χ0) is 11.7. The summed E-state index contributed by atoms with van der Waals surface area (Å²) in [4.78, 5) is 6.40. The molecule has 0 spiro atoms. The van der Waals surface area contributed by atoms with Crippen molar-refractivity contribution in [2.24, 2.45) is 0 Å². The molecule has 0 atom stereocenters. The van der Waals surface area contributed by atoms with Crippen molar-refractivity contribution in [3.05, 3.63) is 35.4 Å². The Labute approximate surface area is 94.9 Å². The van der Waals surface area contributed by atoms with Gasteiger partial charge in [0.2, 0.25) is 0 Å². The van der Waals surface area contributed by atoms with Gasteiger partial charge in [0, 0.05) is 19.5 Å². The van der Waals surface area contributed by atoms with Crippen molar-refractivity contribution < 1.29 is 0 Å². The molecule has 0 saturated carbocycles. The van der Waals surface area contributed by atoms with Crippen molar-refractivity contribution in [1.82, 2.24) is 4.98 Å². The van der Waals surface area contributed by atoms with Crippen LogP contribution in [0.2, 0.25) is 0 Å². The van der Waals surface area contributed by atoms with Gasteiger partial charge in [0.05, 0.1) is 17.1 Å². The lowest BCUT2D eigenvalue weighted by Crippen LogP contribution is -2.10. The minimum absolute atomic E-state index is 0.678. The molecule has 1 aromatic heterocycles. The number of nitrogens with zero attached hydrogens (tertiary/aromatic N) is 3. The summed E-state index contributed by atoms with van der Waals surface area (Å²) in [6, 6.07) is 10.0. The minimum atomic E-state index is 0.678. The lowest BCUT2D eigenvalue weighted by atomic mass is 10.1. The van der Waals surface area contributed by atoms with Gasteiger partial charge in [-0.15, -0.1) is 0 Å². The molecule has 0 radical (unpaired) electrons. The van der Waals surface area contributed by atoms with Crippen LogP contribution >= 0.6 is 0 Å². The average Bonchev–Trinajstić information content (AvgIpc) is 2.27. The van der Waals surface area contributed by atoms with Gasteiger partial charge >= 0.3 is 0 Å². The molecule has 0 amide bonds. The van der Waals surface area contributed by atoms with Gasteiger partial charge in [0.15, 0.2) is 0 Å². The predicted octanol–water partition coefficient (Wildman–Crippen LogP) is 2.48. The molecule has 0 aliphatic heterocycles. The summed E-state index contributed by atoms with van der Waals surface area (Å²) < 4.78 is 0. The van der Waals surface area contributed by atoms with Gasteiger partial charge in [-0.05, 0) is 25.1 Å². The molecule has 0 unspecified atom stereocenters. The first-order chi connectivity index (χ1) is 7.61. The standard InChI is InChI=1S/C13H13N3/c1-9-4-5-12-11(6-9)10(8-14)7-13(15-12)16(2)3/h4-7H,1-3H3. The molecule has 0 aliphatic rings. The van der Waals surface area contributed by atoms with Crippen LogP contribution in [0.25, 0.3) is 10.9 Å². The summed E-state index contributed by atoms with van der Waals surface area (Å²) in [5.74, 6) is 0.813. The van der Waals surface area contributed by atoms with E-state index in [0.29, 0.717) is 5.56 Å². The molecule has 1 heterocycles. The second-order valence-electron chi connectivity index (χ2n) is 4.05. The molecule has 0 N–H and O–H groups in total. The van der Waals surface area contributed by atoms with Crippen molar-refractivity contribution in [3.63, 3.8) is 0 Å². The fourth-order valence-corrected chi connectivity index (χ4v) is 1.65. The molecule has 0 aliphatic carbocycles. The van der Waals surface area contributed by atoms with E-state index in [4.69, 9.17) is 5.26 Å². The number of nitriles is 1. The first-order valence-corrected chi connectivity index (χ1v) is 5.10. The van der Waals surface area contributed by atoms with Crippen LogP contribution in [0.15, 0.2) is 24.3 Å². The van der Waals surface area contributed by atoms with Gasteiger partial charge in [-0.1, -0.05) is 11.6 Å². The maximum absolute atomic E-state index is 9.14. The number of rotatable bonds is 1. The Morgan fingerprint density at radius 1 is 1.25 bits per heavy atom. The highest BCUT2D eigenvalue weighted by Gasteiger charge is 2.06. The summed E-state index contributed by atoms with van der Waals surface area (Å²) in [5.41, 5.74) is 2.69. The van der Waals surface area contributed by atoms with E-state index in [0.717, 1.165) is 22.3 Å². The molecule has 1 aromatic carbocycles. The number of fused-ring (bicyclic) bond motifs is 1. The predicted molar refractivity (Wildman–Crippen MR) is 65.5 cm³/mol. The molecule has 2 aromatic rings. The van der Waals surface area contributed by atoms with Gasteiger partial charge in [-0.2, -0.15) is 5.26 Å². The van der Waals surface area contributed by atoms with Crippen LogP contribution in [0.5, 0.6) is 0 Å². The van der Waals surface area contributed by atoms with Crippen LogP contribution in [0.1, 0.15) is 11.1 Å². The van der Waals surface area contributed by atoms with Crippen LogP contribution < -0.4 is 4.90 Å². The normalized spacial score (nSPS) is 10.1. The molecule has 0 fully saturated rings. The molecule has 0 saturated heterocycles. The Balaban J connectivity index is 2.80. The quantitative estimate of drug-likeness (QED) is 0.727. The second kappa shape index (κ2) is 3.82. The summed E-state index contributed by atoms with van der Waals surface area (Å²) in [7, 11) is 3.84. The van der Waals surface area contributed by atoms with Gasteiger partial charge in [-0.3, -0.25) is 0 Å². The second-order valence-corrected chi connectivity index (χ2v) is 4.05. The maximum atomic E-state index is 9.14. The van der Waals surface area contributed by atoms with E-state index in [9.17, 15) is 0 Å². The molecule has 0 bridgehead atoms. The first-order valence-electron chi connectivity index (χ1n) is 5.10. The first kappa shape index (κ1) is 10.4. The maximum Gasteiger partial charge on any atom is 0.130 e. The lowest BCUT2D eigenvalue weighted by molar-refractivity contribution is 1.08. The highest BCUT2D eigenvalue weighted by atomic mass is 15.1. The smallest absolute Gasteiger partial charge is 0.130 e. The largest absolute Gasteiger partial charge is 0.363 e. The van der Waals surface area contributed by atoms with Gasteiger partial charge in [0.1, 0.15) is 5.82 Å². The van der Waals surface area contributed by atoms with Gasteiger partial charge in [0.25, 0.3) is 0 Å². The zero-order valence-corrected chi connectivity index (χ0v) is 9.65. The lowest BCUT2D eigenvalue weighted by Gasteiger charge is -2.12. The summed E-state index contributed by atoms with van der Waals surface area (Å²) in [6.07, 6.45) is 0. The Bertz CT molecular complexity index is 579. The molecule has 80 valence electrons. The van der Waals surface area contributed by atoms with Crippen molar-refractivity contribution in [3.8, 4) is 6.07 Å². The molecular formula is C13H13N3. The van der Waals surface area contributed by atoms with E-state index in [1.54, 1.807) is 0 Å². The minimum Gasteiger partial charge on any atom is -0.363 e. The summed E-state index contributed by atoms with van der Waals surface area (Å²) >= 11 is 0. The third-order valence-electron chi connectivity index (χ3n) is 2.53. The van der Waals surface area contributed by atoms with Crippen molar-refractivity contribution in [2.45, 2.75) is 6.92 Å². The zero-order valence-electron chi connectivity index (χ0n) is 9.65. The monoisotopic (exact) mass is 211 g/mol. The van der Waals surface area contributed by atoms with Crippen molar-refractivity contribution >= 4 is 16.7 Å². The van der Waals surface area contributed by atoms with E-state index in [2.05, 4.69) is 11.1 Å². The number of aryl methyl sites for hydroxylation is 1. The highest BCUT2D eigenvalue weighted by Crippen LogP contribution is 2.22. The topological polar surface area (TPSA) is 39.9 Å². The van der Waals surface area contributed by atoms with Crippen molar-refractivity contribution in [2.75, 3.05) is 19.0 Å². The van der Waals surface area contributed by atoms with Crippen LogP contribution in [0.3, 0.4) is 0 Å². The average molecular weight is 211 g/mol. The van der Waals surface area contributed by atoms with E-state index in [1.807, 2.05) is 50.2 Å². The van der Waals surface area contributed by atoms with Crippen molar-refractivity contribution in [1.29, 1.82) is 5.26 Å². The van der Waals surface area contributed by atoms with Crippen LogP contribution in [0.4, 0.5) is 5.82 Å². The number of pyridine rings is 1. The fraction of sp³-hybridized carbons (Fsp3) is 0.231. The number of aromatic nitrogens is 1. The van der Waals surface area contributed by atoms with Crippen LogP contribution in [-0.2, 0) is 0 Å². The molecule has 3 nitrogen and oxygen atoms in total. The molecular weight excluding hydrogens is 198 g/mol. The van der Waals surface area contributed by atoms with Crippen LogP contribution in [-0.4, -0.2) is 19.1 Å². The van der Waals surface area contributed by atoms with Gasteiger partial charge < -0.3 is 4.90 Å². The van der Waals surface area contributed by atoms with E-state index >= 15 is 0 Å². The van der Waals surface area contributed by atoms with Crippen LogP contribution in [0, 0.1) is 18.3 Å². The number of hydrogen-bond acceptors (Lipinski definition) is 3. The Hall–Kier alpha value is -2.08. The van der Waals surface area contributed by atoms with Gasteiger partial charge in [-0.25, -0.2) is 4.98 Å². The Morgan fingerprint density at radius 3 is 2.62 bits per heavy atom. The van der Waals surface area contributed by atoms with E-state index in [1.165, 1.54) is 0 Å². The van der Waals surface area contributed by atoms with E-state index in [-0.39, 0.29) is 0 Å². The summed E-state index contributed by atoms with van der Waals surface area (Å²) in [6.45, 7) is 2.01. The molecule has 16 heavy (non-hydrogen) atoms. The number of benzene rings is 1. The summed E-state index contributed by atoms with van der Waals surface area (Å²) in [5, 5.41) is 10.1. The molecule has 3 heteroatoms. The Morgan fingerprint density at radius 2 is 2.00 bits per heavy atom. The molecule has 2 rings (SSSR count). The third kappa shape index (κ3) is 1.70. The van der Waals surface area contributed by atoms with E-state index < -0.39 is 0 Å². The fourth-order valence-electron chi connectivity index (χ4n) is 1.65.